The minimum absolute atomic E-state index is 0.0601. The lowest BCUT2D eigenvalue weighted by molar-refractivity contribution is 0.606. The molecular formula is C14H18FN3. The van der Waals surface area contributed by atoms with Gasteiger partial charge in [0.05, 0.1) is 12.0 Å². The fourth-order valence-electron chi connectivity index (χ4n) is 2.17. The molecule has 0 spiro atoms. The molecule has 0 aliphatic heterocycles. The molecule has 1 heterocycles. The first-order chi connectivity index (χ1) is 8.49. The zero-order valence-electron chi connectivity index (χ0n) is 10.9. The molecule has 0 fully saturated rings. The fourth-order valence-corrected chi connectivity index (χ4v) is 2.17. The van der Waals surface area contributed by atoms with E-state index in [1.807, 2.05) is 23.6 Å². The Morgan fingerprint density at radius 1 is 1.33 bits per heavy atom. The Balaban J connectivity index is 2.32. The Morgan fingerprint density at radius 3 is 2.50 bits per heavy atom. The summed E-state index contributed by atoms with van der Waals surface area (Å²) in [4.78, 5) is 4.11. The third kappa shape index (κ3) is 2.43. The van der Waals surface area contributed by atoms with Crippen molar-refractivity contribution < 1.29 is 4.39 Å². The van der Waals surface area contributed by atoms with Crippen LogP contribution in [-0.4, -0.2) is 9.55 Å². The molecule has 0 unspecified atom stereocenters. The average molecular weight is 247 g/mol. The molecule has 1 atom stereocenters. The first kappa shape index (κ1) is 12.8. The fraction of sp³-hybridized carbons (Fsp3) is 0.357. The van der Waals surface area contributed by atoms with Crippen molar-refractivity contribution in [3.63, 3.8) is 0 Å². The lowest BCUT2D eigenvalue weighted by Crippen LogP contribution is -2.12. The van der Waals surface area contributed by atoms with Crippen LogP contribution in [0.2, 0.25) is 0 Å². The van der Waals surface area contributed by atoms with Gasteiger partial charge in [-0.05, 0) is 37.5 Å². The molecule has 2 N–H and O–H groups in total. The highest BCUT2D eigenvalue weighted by Crippen LogP contribution is 2.17. The first-order valence-corrected chi connectivity index (χ1v) is 6.00. The second kappa shape index (κ2) is 4.90. The van der Waals surface area contributed by atoms with E-state index in [1.165, 1.54) is 0 Å². The smallest absolute Gasteiger partial charge is 0.129 e. The summed E-state index contributed by atoms with van der Waals surface area (Å²) in [6.45, 7) is 6.16. The zero-order valence-corrected chi connectivity index (χ0v) is 10.9. The molecule has 18 heavy (non-hydrogen) atoms. The molecular weight excluding hydrogens is 229 g/mol. The second-order valence-corrected chi connectivity index (χ2v) is 4.78. The Kier molecular flexibility index (Phi) is 3.48. The minimum Gasteiger partial charge on any atom is -0.329 e. The van der Waals surface area contributed by atoms with Crippen molar-refractivity contribution in [1.82, 2.24) is 9.55 Å². The largest absolute Gasteiger partial charge is 0.329 e. The van der Waals surface area contributed by atoms with Crippen LogP contribution < -0.4 is 5.73 Å². The van der Waals surface area contributed by atoms with E-state index in [-0.39, 0.29) is 11.9 Å². The number of nitrogens with zero attached hydrogens (tertiary/aromatic N) is 2. The van der Waals surface area contributed by atoms with Crippen molar-refractivity contribution in [3.8, 4) is 0 Å². The number of aromatic nitrogens is 2. The molecule has 0 aliphatic rings. The molecule has 0 radical (unpaired) electrons. The predicted molar refractivity (Wildman–Crippen MR) is 69.8 cm³/mol. The normalized spacial score (nSPS) is 12.7. The zero-order chi connectivity index (χ0) is 13.3. The summed E-state index contributed by atoms with van der Waals surface area (Å²) < 4.78 is 15.6. The highest BCUT2D eigenvalue weighted by atomic mass is 19.1. The average Bonchev–Trinajstić information content (AvgIpc) is 2.74. The summed E-state index contributed by atoms with van der Waals surface area (Å²) in [5, 5.41) is 0. The molecule has 0 saturated carbocycles. The summed E-state index contributed by atoms with van der Waals surface area (Å²) >= 11 is 0. The van der Waals surface area contributed by atoms with Gasteiger partial charge in [0.1, 0.15) is 5.82 Å². The van der Waals surface area contributed by atoms with Crippen molar-refractivity contribution in [2.24, 2.45) is 5.73 Å². The Bertz CT molecular complexity index is 535. The lowest BCUT2D eigenvalue weighted by atomic mass is 10.1. The number of hydrogen-bond donors (Lipinski definition) is 1. The summed E-state index contributed by atoms with van der Waals surface area (Å²) in [6, 6.07) is 3.68. The maximum absolute atomic E-state index is 13.6. The van der Waals surface area contributed by atoms with Crippen LogP contribution in [0, 0.1) is 19.7 Å². The van der Waals surface area contributed by atoms with Gasteiger partial charge in [0.15, 0.2) is 0 Å². The van der Waals surface area contributed by atoms with Crippen LogP contribution in [0.3, 0.4) is 0 Å². The van der Waals surface area contributed by atoms with Gasteiger partial charge in [0.25, 0.3) is 0 Å². The van der Waals surface area contributed by atoms with E-state index >= 15 is 0 Å². The van der Waals surface area contributed by atoms with Crippen LogP contribution in [0.15, 0.2) is 24.7 Å². The summed E-state index contributed by atoms with van der Waals surface area (Å²) in [5.74, 6) is -0.128. The van der Waals surface area contributed by atoms with Gasteiger partial charge >= 0.3 is 0 Å². The monoisotopic (exact) mass is 247 g/mol. The van der Waals surface area contributed by atoms with Gasteiger partial charge in [-0.3, -0.25) is 0 Å². The quantitative estimate of drug-likeness (QED) is 0.906. The maximum Gasteiger partial charge on any atom is 0.129 e. The van der Waals surface area contributed by atoms with Gasteiger partial charge in [-0.15, -0.1) is 0 Å². The molecule has 0 amide bonds. The molecule has 4 heteroatoms. The first-order valence-electron chi connectivity index (χ1n) is 6.00. The van der Waals surface area contributed by atoms with Crippen molar-refractivity contribution in [2.45, 2.75) is 33.4 Å². The third-order valence-electron chi connectivity index (χ3n) is 3.06. The SMILES string of the molecule is Cc1cc(Cn2cncc2[C@H](C)N)cc(C)c1F. The van der Waals surface area contributed by atoms with E-state index in [4.69, 9.17) is 5.73 Å². The van der Waals surface area contributed by atoms with Gasteiger partial charge in [0.2, 0.25) is 0 Å². The van der Waals surface area contributed by atoms with Crippen LogP contribution in [-0.2, 0) is 6.54 Å². The summed E-state index contributed by atoms with van der Waals surface area (Å²) in [6.07, 6.45) is 3.53. The van der Waals surface area contributed by atoms with Crippen LogP contribution in [0.1, 0.15) is 35.3 Å². The van der Waals surface area contributed by atoms with Gasteiger partial charge in [-0.1, -0.05) is 12.1 Å². The Hall–Kier alpha value is -1.68. The lowest BCUT2D eigenvalue weighted by Gasteiger charge is -2.12. The van der Waals surface area contributed by atoms with Crippen LogP contribution in [0.25, 0.3) is 0 Å². The molecule has 1 aromatic carbocycles. The molecule has 1 aromatic heterocycles. The predicted octanol–water partition coefficient (Wildman–Crippen LogP) is 2.71. The summed E-state index contributed by atoms with van der Waals surface area (Å²) in [5.41, 5.74) is 9.27. The van der Waals surface area contributed by atoms with Crippen LogP contribution >= 0.6 is 0 Å². The molecule has 2 aromatic rings. The van der Waals surface area contributed by atoms with E-state index in [9.17, 15) is 4.39 Å². The summed E-state index contributed by atoms with van der Waals surface area (Å²) in [7, 11) is 0. The molecule has 0 saturated heterocycles. The van der Waals surface area contributed by atoms with E-state index in [0.717, 1.165) is 11.3 Å². The van der Waals surface area contributed by atoms with Crippen molar-refractivity contribution in [1.29, 1.82) is 0 Å². The van der Waals surface area contributed by atoms with Gasteiger partial charge in [0, 0.05) is 18.8 Å². The highest BCUT2D eigenvalue weighted by molar-refractivity contribution is 5.30. The number of benzene rings is 1. The maximum atomic E-state index is 13.6. The number of aryl methyl sites for hydroxylation is 2. The van der Waals surface area contributed by atoms with E-state index in [1.54, 1.807) is 26.4 Å². The van der Waals surface area contributed by atoms with Gasteiger partial charge < -0.3 is 10.3 Å². The van der Waals surface area contributed by atoms with E-state index < -0.39 is 0 Å². The van der Waals surface area contributed by atoms with Gasteiger partial charge in [-0.2, -0.15) is 0 Å². The van der Waals surface area contributed by atoms with Crippen molar-refractivity contribution >= 4 is 0 Å². The van der Waals surface area contributed by atoms with Crippen molar-refractivity contribution in [3.05, 3.63) is 52.9 Å². The van der Waals surface area contributed by atoms with Gasteiger partial charge in [-0.25, -0.2) is 9.37 Å². The van der Waals surface area contributed by atoms with Crippen LogP contribution in [0.5, 0.6) is 0 Å². The Morgan fingerprint density at radius 2 is 1.94 bits per heavy atom. The number of halogens is 1. The Labute approximate surface area is 106 Å². The molecule has 3 nitrogen and oxygen atoms in total. The van der Waals surface area contributed by atoms with Crippen molar-refractivity contribution in [2.75, 3.05) is 0 Å². The number of hydrogen-bond acceptors (Lipinski definition) is 2. The number of rotatable bonds is 3. The molecule has 96 valence electrons. The van der Waals surface area contributed by atoms with E-state index in [2.05, 4.69) is 4.98 Å². The molecule has 0 bridgehead atoms. The van der Waals surface area contributed by atoms with E-state index in [0.29, 0.717) is 17.7 Å². The highest BCUT2D eigenvalue weighted by Gasteiger charge is 2.09. The molecule has 0 aliphatic carbocycles. The standard InChI is InChI=1S/C14H18FN3/c1-9-4-12(5-10(2)14(9)15)7-18-8-17-6-13(18)11(3)16/h4-6,8,11H,7,16H2,1-3H3/t11-/m0/s1. The number of nitrogens with two attached hydrogens (primary N) is 1. The third-order valence-corrected chi connectivity index (χ3v) is 3.06. The minimum atomic E-state index is -0.128. The second-order valence-electron chi connectivity index (χ2n) is 4.78. The van der Waals surface area contributed by atoms with Crippen LogP contribution in [0.4, 0.5) is 4.39 Å². The number of imidazole rings is 1. The topological polar surface area (TPSA) is 43.8 Å². The molecule has 2 rings (SSSR count).